The Morgan fingerprint density at radius 3 is 2.09 bits per heavy atom. The summed E-state index contributed by atoms with van der Waals surface area (Å²) in [7, 11) is 0. The van der Waals surface area contributed by atoms with E-state index in [4.69, 9.17) is 23.2 Å². The Labute approximate surface area is 138 Å². The molecule has 6 heteroatoms. The molecule has 0 aliphatic carbocycles. The number of halogens is 2. The van der Waals surface area contributed by atoms with E-state index in [2.05, 4.69) is 4.98 Å². The van der Waals surface area contributed by atoms with E-state index >= 15 is 0 Å². The molecule has 1 aliphatic heterocycles. The van der Waals surface area contributed by atoms with E-state index in [0.717, 1.165) is 0 Å². The molecule has 114 valence electrons. The van der Waals surface area contributed by atoms with E-state index in [1.54, 1.807) is 30.3 Å². The predicted molar refractivity (Wildman–Crippen MR) is 86.3 cm³/mol. The van der Waals surface area contributed by atoms with Gasteiger partial charge in [0.15, 0.2) is 0 Å². The fourth-order valence-electron chi connectivity index (χ4n) is 2.11. The molecule has 0 saturated carbocycles. The quantitative estimate of drug-likeness (QED) is 0.609. The molecule has 0 unspecified atom stereocenters. The lowest BCUT2D eigenvalue weighted by atomic mass is 10.1. The zero-order valence-electron chi connectivity index (χ0n) is 12.1. The van der Waals surface area contributed by atoms with Gasteiger partial charge >= 0.3 is 0 Å². The molecule has 0 fully saturated rings. The molecule has 2 amide bonds. The van der Waals surface area contributed by atoms with Crippen LogP contribution in [0.15, 0.2) is 36.5 Å². The highest BCUT2D eigenvalue weighted by molar-refractivity contribution is 6.41. The van der Waals surface area contributed by atoms with Crippen molar-refractivity contribution in [1.29, 1.82) is 0 Å². The number of hydrogen-bond acceptors (Lipinski definition) is 3. The molecule has 2 aromatic rings. The van der Waals surface area contributed by atoms with Crippen molar-refractivity contribution in [1.82, 2.24) is 9.88 Å². The van der Waals surface area contributed by atoms with Crippen LogP contribution < -0.4 is 0 Å². The summed E-state index contributed by atoms with van der Waals surface area (Å²) in [5.74, 6) is -0.617. The van der Waals surface area contributed by atoms with Gasteiger partial charge in [-0.2, -0.15) is 0 Å². The first kappa shape index (κ1) is 16.5. The zero-order chi connectivity index (χ0) is 16.3. The molecule has 4 nitrogen and oxygen atoms in total. The van der Waals surface area contributed by atoms with E-state index in [9.17, 15) is 9.59 Å². The van der Waals surface area contributed by atoms with E-state index in [-0.39, 0.29) is 23.5 Å². The molecule has 1 aliphatic rings. The van der Waals surface area contributed by atoms with Crippen LogP contribution in [0.1, 0.15) is 40.1 Å². The highest BCUT2D eigenvalue weighted by Crippen LogP contribution is 2.26. The Hall–Kier alpha value is -1.91. The van der Waals surface area contributed by atoms with Crippen molar-refractivity contribution < 1.29 is 9.59 Å². The second-order valence-corrected chi connectivity index (χ2v) is 5.12. The summed E-state index contributed by atoms with van der Waals surface area (Å²) in [4.78, 5) is 29.5. The summed E-state index contributed by atoms with van der Waals surface area (Å²) in [5.41, 5.74) is 1.49. The minimum Gasteiger partial charge on any atom is -0.270 e. The average molecular weight is 337 g/mol. The zero-order valence-corrected chi connectivity index (χ0v) is 13.6. The summed E-state index contributed by atoms with van der Waals surface area (Å²) in [5, 5.41) is 0.485. The summed E-state index contributed by atoms with van der Waals surface area (Å²) in [6.07, 6.45) is 1.50. The highest BCUT2D eigenvalue weighted by Gasteiger charge is 2.34. The number of nitrogens with zero attached hydrogens (tertiary/aromatic N) is 2. The fraction of sp³-hybridized carbons (Fsp3) is 0.188. The number of hydrogen-bond donors (Lipinski definition) is 0. The Morgan fingerprint density at radius 2 is 1.59 bits per heavy atom. The van der Waals surface area contributed by atoms with Crippen LogP contribution in [0, 0.1) is 0 Å². The van der Waals surface area contributed by atoms with Crippen molar-refractivity contribution in [2.45, 2.75) is 20.4 Å². The van der Waals surface area contributed by atoms with Gasteiger partial charge in [-0.15, -0.1) is 0 Å². The summed E-state index contributed by atoms with van der Waals surface area (Å²) >= 11 is 11.6. The second kappa shape index (κ2) is 6.90. The molecule has 0 saturated heterocycles. The molecule has 0 N–H and O–H groups in total. The van der Waals surface area contributed by atoms with Gasteiger partial charge in [-0.25, -0.2) is 4.98 Å². The second-order valence-electron chi connectivity index (χ2n) is 4.36. The lowest BCUT2D eigenvalue weighted by Crippen LogP contribution is -2.29. The monoisotopic (exact) mass is 336 g/mol. The maximum absolute atomic E-state index is 12.2. The smallest absolute Gasteiger partial charge is 0.261 e. The normalized spacial score (nSPS) is 12.8. The average Bonchev–Trinajstić information content (AvgIpc) is 2.78. The number of aromatic nitrogens is 1. The third kappa shape index (κ3) is 2.98. The Morgan fingerprint density at radius 1 is 1.05 bits per heavy atom. The summed E-state index contributed by atoms with van der Waals surface area (Å²) in [6, 6.07) is 8.34. The van der Waals surface area contributed by atoms with Crippen LogP contribution in [-0.2, 0) is 6.54 Å². The minimum absolute atomic E-state index is 0.121. The Kier molecular flexibility index (Phi) is 5.16. The highest BCUT2D eigenvalue weighted by atomic mass is 35.5. The van der Waals surface area contributed by atoms with Crippen molar-refractivity contribution in [2.24, 2.45) is 0 Å². The number of fused-ring (bicyclic) bond motifs is 1. The molecule has 0 bridgehead atoms. The van der Waals surface area contributed by atoms with Crippen LogP contribution in [0.2, 0.25) is 10.2 Å². The lowest BCUT2D eigenvalue weighted by Gasteiger charge is -2.13. The van der Waals surface area contributed by atoms with Gasteiger partial charge in [0.2, 0.25) is 0 Å². The number of pyridine rings is 1. The van der Waals surface area contributed by atoms with Crippen molar-refractivity contribution in [3.8, 4) is 0 Å². The molecular weight excluding hydrogens is 323 g/mol. The predicted octanol–water partition coefficient (Wildman–Crippen LogP) is 4.21. The first-order chi connectivity index (χ1) is 10.6. The van der Waals surface area contributed by atoms with Crippen LogP contribution in [0.25, 0.3) is 0 Å². The van der Waals surface area contributed by atoms with Gasteiger partial charge in [0.05, 0.1) is 22.7 Å². The maximum atomic E-state index is 12.2. The molecular formula is C16H14Cl2N2O2. The molecule has 0 spiro atoms. The largest absolute Gasteiger partial charge is 0.270 e. The van der Waals surface area contributed by atoms with Crippen LogP contribution in [-0.4, -0.2) is 21.7 Å². The van der Waals surface area contributed by atoms with E-state index in [0.29, 0.717) is 21.7 Å². The van der Waals surface area contributed by atoms with E-state index in [1.165, 1.54) is 11.1 Å². The Balaban J connectivity index is 0.000000847. The van der Waals surface area contributed by atoms with Gasteiger partial charge in [0.1, 0.15) is 5.15 Å². The molecule has 0 radical (unpaired) electrons. The lowest BCUT2D eigenvalue weighted by molar-refractivity contribution is 0.0642. The first-order valence-corrected chi connectivity index (χ1v) is 7.58. The Bertz CT molecular complexity index is 697. The van der Waals surface area contributed by atoms with E-state index in [1.807, 2.05) is 13.8 Å². The summed E-state index contributed by atoms with van der Waals surface area (Å²) in [6.45, 7) is 4.12. The molecule has 1 aromatic carbocycles. The number of benzene rings is 1. The minimum atomic E-state index is -0.309. The van der Waals surface area contributed by atoms with E-state index < -0.39 is 0 Å². The number of amides is 2. The SMILES string of the molecule is CC.O=C1c2ccccc2C(=O)N1Cc1cnc(Cl)c(Cl)c1. The molecule has 22 heavy (non-hydrogen) atoms. The van der Waals surface area contributed by atoms with Gasteiger partial charge < -0.3 is 0 Å². The topological polar surface area (TPSA) is 50.3 Å². The number of imide groups is 1. The van der Waals surface area contributed by atoms with Crippen LogP contribution >= 0.6 is 23.2 Å². The van der Waals surface area contributed by atoms with Crippen molar-refractivity contribution in [3.05, 3.63) is 63.4 Å². The van der Waals surface area contributed by atoms with Crippen LogP contribution in [0.3, 0.4) is 0 Å². The third-order valence-electron chi connectivity index (χ3n) is 3.07. The molecule has 2 heterocycles. The van der Waals surface area contributed by atoms with Crippen molar-refractivity contribution in [3.63, 3.8) is 0 Å². The third-order valence-corrected chi connectivity index (χ3v) is 3.76. The van der Waals surface area contributed by atoms with Gasteiger partial charge in [-0.1, -0.05) is 49.2 Å². The van der Waals surface area contributed by atoms with Gasteiger partial charge in [-0.05, 0) is 23.8 Å². The number of carbonyl (C=O) groups excluding carboxylic acids is 2. The summed E-state index contributed by atoms with van der Waals surface area (Å²) < 4.78 is 0. The van der Waals surface area contributed by atoms with Gasteiger partial charge in [-0.3, -0.25) is 14.5 Å². The van der Waals surface area contributed by atoms with Crippen LogP contribution in [0.5, 0.6) is 0 Å². The standard InChI is InChI=1S/C14H8Cl2N2O2.C2H6/c15-11-5-8(6-17-12(11)16)7-18-13(19)9-3-1-2-4-10(9)14(18)20;1-2/h1-6H,7H2;1-2H3. The fourth-order valence-corrected chi connectivity index (χ4v) is 2.40. The van der Waals surface area contributed by atoms with Crippen molar-refractivity contribution in [2.75, 3.05) is 0 Å². The molecule has 0 atom stereocenters. The number of carbonyl (C=O) groups is 2. The number of rotatable bonds is 2. The molecule has 3 rings (SSSR count). The van der Waals surface area contributed by atoms with Gasteiger partial charge in [0.25, 0.3) is 11.8 Å². The maximum Gasteiger partial charge on any atom is 0.261 e. The van der Waals surface area contributed by atoms with Crippen LogP contribution in [0.4, 0.5) is 0 Å². The molecule has 1 aromatic heterocycles. The van der Waals surface area contributed by atoms with Gasteiger partial charge in [0, 0.05) is 6.20 Å². The first-order valence-electron chi connectivity index (χ1n) is 6.83. The van der Waals surface area contributed by atoms with Crippen molar-refractivity contribution >= 4 is 35.0 Å².